The maximum absolute atomic E-state index is 12.1. The number of nitrogens with two attached hydrogens (primary N) is 1. The molecule has 3 N–H and O–H groups in total. The summed E-state index contributed by atoms with van der Waals surface area (Å²) in [6, 6.07) is 0. The lowest BCUT2D eigenvalue weighted by atomic mass is 9.92. The van der Waals surface area contributed by atoms with E-state index in [1.54, 1.807) is 11.9 Å². The molecule has 1 aliphatic rings. The van der Waals surface area contributed by atoms with E-state index in [0.29, 0.717) is 6.54 Å². The fourth-order valence-electron chi connectivity index (χ4n) is 2.02. The Morgan fingerprint density at radius 3 is 2.74 bits per heavy atom. The molecule has 0 unspecified atom stereocenters. The summed E-state index contributed by atoms with van der Waals surface area (Å²) in [5.41, 5.74) is 6.04. The highest BCUT2D eigenvalue weighted by Gasteiger charge is 2.41. The van der Waals surface area contributed by atoms with E-state index in [9.17, 15) is 13.6 Å². The third-order valence-electron chi connectivity index (χ3n) is 2.89. The molecular weight excluding hydrogens is 276 g/mol. The minimum absolute atomic E-state index is 0.0529. The molecule has 0 bridgehead atoms. The molecule has 0 radical (unpaired) electrons. The SMILES string of the molecule is CC(/C=C(\N)[C@H]1CN(C)C(=S)[C@@H]1C(=O)O)=N\C(F)F. The maximum atomic E-state index is 12.1. The Morgan fingerprint density at radius 1 is 1.68 bits per heavy atom. The van der Waals surface area contributed by atoms with Crippen LogP contribution in [0.2, 0.25) is 0 Å². The fourth-order valence-corrected chi connectivity index (χ4v) is 2.35. The first-order chi connectivity index (χ1) is 8.73. The van der Waals surface area contributed by atoms with Crippen molar-refractivity contribution in [2.75, 3.05) is 13.6 Å². The van der Waals surface area contributed by atoms with Gasteiger partial charge >= 0.3 is 12.5 Å². The molecule has 19 heavy (non-hydrogen) atoms. The monoisotopic (exact) mass is 291 g/mol. The molecule has 0 saturated carbocycles. The molecule has 0 aliphatic carbocycles. The first kappa shape index (κ1) is 15.5. The maximum Gasteiger partial charge on any atom is 0.332 e. The standard InChI is InChI=1S/C11H15F2N3O2S/c1-5(15-11(12)13)3-7(14)6-4-16(2)9(19)8(6)10(17)18/h3,6,8,11H,4,14H2,1-2H3,(H,17,18)/b7-3-,15-5+/t6-,8-/m1/s1. The van der Waals surface area contributed by atoms with Gasteiger partial charge < -0.3 is 15.7 Å². The van der Waals surface area contributed by atoms with E-state index in [4.69, 9.17) is 23.1 Å². The van der Waals surface area contributed by atoms with Gasteiger partial charge in [0, 0.05) is 30.9 Å². The Hall–Kier alpha value is -1.57. The average molecular weight is 291 g/mol. The number of thiocarbonyl (C=S) groups is 1. The molecule has 0 amide bonds. The van der Waals surface area contributed by atoms with Crippen molar-refractivity contribution in [3.8, 4) is 0 Å². The lowest BCUT2D eigenvalue weighted by Gasteiger charge is -2.14. The van der Waals surface area contributed by atoms with Crippen molar-refractivity contribution in [3.63, 3.8) is 0 Å². The molecule has 2 atom stereocenters. The van der Waals surface area contributed by atoms with E-state index < -0.39 is 24.4 Å². The average Bonchev–Trinajstić information content (AvgIpc) is 2.54. The summed E-state index contributed by atoms with van der Waals surface area (Å²) in [7, 11) is 1.67. The number of rotatable bonds is 4. The predicted octanol–water partition coefficient (Wildman–Crippen LogP) is 1.10. The number of aliphatic carboxylic acids is 1. The van der Waals surface area contributed by atoms with Crippen LogP contribution >= 0.6 is 12.2 Å². The number of hydrogen-bond donors (Lipinski definition) is 2. The van der Waals surface area contributed by atoms with Crippen molar-refractivity contribution in [3.05, 3.63) is 11.8 Å². The van der Waals surface area contributed by atoms with Crippen LogP contribution in [0.5, 0.6) is 0 Å². The molecule has 106 valence electrons. The molecule has 5 nitrogen and oxygen atoms in total. The molecule has 1 saturated heterocycles. The molecule has 1 rings (SSSR count). The number of nitrogens with zero attached hydrogens (tertiary/aromatic N) is 2. The summed E-state index contributed by atoms with van der Waals surface area (Å²) >= 11 is 5.03. The van der Waals surface area contributed by atoms with Gasteiger partial charge in [0.1, 0.15) is 5.92 Å². The summed E-state index contributed by atoms with van der Waals surface area (Å²) in [5, 5.41) is 9.15. The number of aliphatic imine (C=N–C) groups is 1. The lowest BCUT2D eigenvalue weighted by Crippen LogP contribution is -2.29. The van der Waals surface area contributed by atoms with E-state index in [-0.39, 0.29) is 16.4 Å². The topological polar surface area (TPSA) is 78.9 Å². The normalized spacial score (nSPS) is 25.3. The first-order valence-corrected chi connectivity index (χ1v) is 5.92. The Morgan fingerprint density at radius 2 is 2.26 bits per heavy atom. The number of allylic oxidation sites excluding steroid dienone is 1. The number of alkyl halides is 2. The zero-order valence-corrected chi connectivity index (χ0v) is 11.3. The van der Waals surface area contributed by atoms with E-state index in [1.165, 1.54) is 13.0 Å². The van der Waals surface area contributed by atoms with Gasteiger partial charge in [0.25, 0.3) is 0 Å². The van der Waals surface area contributed by atoms with Gasteiger partial charge in [-0.3, -0.25) is 4.79 Å². The van der Waals surface area contributed by atoms with Gasteiger partial charge in [-0.25, -0.2) is 4.99 Å². The highest BCUT2D eigenvalue weighted by molar-refractivity contribution is 7.80. The highest BCUT2D eigenvalue weighted by atomic mass is 32.1. The minimum Gasteiger partial charge on any atom is -0.481 e. The van der Waals surface area contributed by atoms with Crippen LogP contribution in [0.15, 0.2) is 16.8 Å². The molecule has 0 spiro atoms. The van der Waals surface area contributed by atoms with Crippen molar-refractivity contribution in [2.24, 2.45) is 22.6 Å². The van der Waals surface area contributed by atoms with Gasteiger partial charge in [0.15, 0.2) is 0 Å². The summed E-state index contributed by atoms with van der Waals surface area (Å²) in [4.78, 5) is 16.1. The Bertz CT molecular complexity index is 451. The number of halogens is 2. The molecule has 0 aromatic heterocycles. The lowest BCUT2D eigenvalue weighted by molar-refractivity contribution is -0.140. The van der Waals surface area contributed by atoms with E-state index in [2.05, 4.69) is 4.99 Å². The smallest absolute Gasteiger partial charge is 0.332 e. The van der Waals surface area contributed by atoms with Crippen LogP contribution in [0.4, 0.5) is 8.78 Å². The number of carboxylic acid groups (broad SMARTS) is 1. The van der Waals surface area contributed by atoms with E-state index >= 15 is 0 Å². The molecule has 0 aromatic carbocycles. The fraction of sp³-hybridized carbons (Fsp3) is 0.545. The third-order valence-corrected chi connectivity index (χ3v) is 3.45. The van der Waals surface area contributed by atoms with Crippen LogP contribution in [0.3, 0.4) is 0 Å². The van der Waals surface area contributed by atoms with Crippen LogP contribution in [0, 0.1) is 11.8 Å². The van der Waals surface area contributed by atoms with Crippen LogP contribution < -0.4 is 5.73 Å². The molecule has 1 heterocycles. The molecular formula is C11H15F2N3O2S. The number of likely N-dealkylation sites (tertiary alicyclic amines) is 1. The van der Waals surface area contributed by atoms with Crippen LogP contribution in [-0.4, -0.2) is 46.8 Å². The summed E-state index contributed by atoms with van der Waals surface area (Å²) in [6.45, 7) is -1.09. The minimum atomic E-state index is -2.81. The van der Waals surface area contributed by atoms with Crippen molar-refractivity contribution >= 4 is 28.9 Å². The Kier molecular flexibility index (Phi) is 4.93. The zero-order chi connectivity index (χ0) is 14.7. The second-order valence-electron chi connectivity index (χ2n) is 4.33. The molecule has 8 heteroatoms. The van der Waals surface area contributed by atoms with Gasteiger partial charge in [0.2, 0.25) is 0 Å². The number of carbonyl (C=O) groups is 1. The summed E-state index contributed by atoms with van der Waals surface area (Å²) in [5.74, 6) is -2.51. The van der Waals surface area contributed by atoms with Gasteiger partial charge in [-0.1, -0.05) is 12.2 Å². The third kappa shape index (κ3) is 3.69. The van der Waals surface area contributed by atoms with Crippen molar-refractivity contribution in [1.29, 1.82) is 0 Å². The number of carboxylic acids is 1. The second kappa shape index (κ2) is 6.05. The van der Waals surface area contributed by atoms with E-state index in [0.717, 1.165) is 0 Å². The van der Waals surface area contributed by atoms with Crippen LogP contribution in [-0.2, 0) is 4.79 Å². The van der Waals surface area contributed by atoms with Gasteiger partial charge in [0.05, 0.1) is 4.99 Å². The molecule has 1 aliphatic heterocycles. The van der Waals surface area contributed by atoms with Crippen LogP contribution in [0.25, 0.3) is 0 Å². The van der Waals surface area contributed by atoms with E-state index in [1.807, 2.05) is 0 Å². The summed E-state index contributed by atoms with van der Waals surface area (Å²) < 4.78 is 24.1. The van der Waals surface area contributed by atoms with Crippen molar-refractivity contribution in [1.82, 2.24) is 4.90 Å². The van der Waals surface area contributed by atoms with Crippen LogP contribution in [0.1, 0.15) is 6.92 Å². The highest BCUT2D eigenvalue weighted by Crippen LogP contribution is 2.29. The Labute approximate surface area is 114 Å². The second-order valence-corrected chi connectivity index (χ2v) is 4.75. The van der Waals surface area contributed by atoms with Gasteiger partial charge in [-0.2, -0.15) is 8.78 Å². The predicted molar refractivity (Wildman–Crippen MR) is 71.2 cm³/mol. The quantitative estimate of drug-likeness (QED) is 0.461. The van der Waals surface area contributed by atoms with Gasteiger partial charge in [-0.15, -0.1) is 0 Å². The molecule has 1 fully saturated rings. The van der Waals surface area contributed by atoms with Gasteiger partial charge in [-0.05, 0) is 13.0 Å². The van der Waals surface area contributed by atoms with Crippen molar-refractivity contribution < 1.29 is 18.7 Å². The Balaban J connectivity index is 2.98. The zero-order valence-electron chi connectivity index (χ0n) is 10.5. The first-order valence-electron chi connectivity index (χ1n) is 5.51. The molecule has 0 aromatic rings. The summed E-state index contributed by atoms with van der Waals surface area (Å²) in [6.07, 6.45) is 1.27. The number of hydrogen-bond acceptors (Lipinski definition) is 4. The largest absolute Gasteiger partial charge is 0.481 e. The van der Waals surface area contributed by atoms with Crippen molar-refractivity contribution in [2.45, 2.75) is 13.5 Å².